The largest absolute Gasteiger partial charge is 0.493 e. The highest BCUT2D eigenvalue weighted by atomic mass is 35.5. The summed E-state index contributed by atoms with van der Waals surface area (Å²) >= 11 is 11.8. The number of halogens is 2. The van der Waals surface area contributed by atoms with Crippen LogP contribution in [-0.2, 0) is 0 Å². The third-order valence-corrected chi connectivity index (χ3v) is 4.96. The Labute approximate surface area is 141 Å². The van der Waals surface area contributed by atoms with E-state index in [9.17, 15) is 15.0 Å². The molecule has 3 N–H and O–H groups in total. The Balaban J connectivity index is 1.69. The Morgan fingerprint density at radius 2 is 1.74 bits per heavy atom. The smallest absolute Gasteiger partial charge is 0.271 e. The third-order valence-electron chi connectivity index (χ3n) is 4.41. The minimum atomic E-state index is -0.550. The van der Waals surface area contributed by atoms with Gasteiger partial charge in [-0.3, -0.25) is 10.2 Å². The molecule has 0 saturated heterocycles. The highest BCUT2D eigenvalue weighted by molar-refractivity contribution is 6.37. The van der Waals surface area contributed by atoms with Crippen LogP contribution in [0.15, 0.2) is 30.4 Å². The van der Waals surface area contributed by atoms with E-state index in [0.717, 1.165) is 11.1 Å². The van der Waals surface area contributed by atoms with Crippen LogP contribution in [-0.4, -0.2) is 20.8 Å². The van der Waals surface area contributed by atoms with Gasteiger partial charge >= 0.3 is 0 Å². The van der Waals surface area contributed by atoms with Crippen molar-refractivity contribution in [1.82, 2.24) is 4.68 Å². The number of allylic oxidation sites excluding steroid dienone is 2. The standard InChI is InChI=1S/C16H12Cl2N2O3/c17-9-3-4-10(11(18)6-9)14(21)19-20-15(22)12-7-1-2-8(5-7)13(12)16(20)23/h1-4,6-8,22-23H,5H2,(H,19,21). The molecule has 118 valence electrons. The zero-order valence-corrected chi connectivity index (χ0v) is 13.3. The Hall–Kier alpha value is -2.11. The zero-order valence-electron chi connectivity index (χ0n) is 11.8. The molecule has 1 amide bonds. The highest BCUT2D eigenvalue weighted by Gasteiger charge is 2.41. The fraction of sp³-hybridized carbons (Fsp3) is 0.188. The SMILES string of the molecule is O=C(Nn1c(O)c2c(c1O)C1C=CC2C1)c1ccc(Cl)cc1Cl. The zero-order chi connectivity index (χ0) is 16.3. The summed E-state index contributed by atoms with van der Waals surface area (Å²) in [7, 11) is 0. The Morgan fingerprint density at radius 1 is 1.13 bits per heavy atom. The van der Waals surface area contributed by atoms with Crippen molar-refractivity contribution in [2.75, 3.05) is 5.43 Å². The van der Waals surface area contributed by atoms with Crippen LogP contribution in [0.3, 0.4) is 0 Å². The van der Waals surface area contributed by atoms with Gasteiger partial charge in [0, 0.05) is 28.0 Å². The van der Waals surface area contributed by atoms with E-state index >= 15 is 0 Å². The molecule has 2 aromatic rings. The summed E-state index contributed by atoms with van der Waals surface area (Å²) in [4.78, 5) is 12.4. The molecule has 2 atom stereocenters. The van der Waals surface area contributed by atoms with Crippen molar-refractivity contribution in [3.8, 4) is 11.8 Å². The molecular weight excluding hydrogens is 339 g/mol. The van der Waals surface area contributed by atoms with E-state index in [1.54, 1.807) is 6.07 Å². The first-order valence-electron chi connectivity index (χ1n) is 7.08. The molecule has 1 aromatic carbocycles. The predicted molar refractivity (Wildman–Crippen MR) is 87.2 cm³/mol. The number of fused-ring (bicyclic) bond motifs is 5. The summed E-state index contributed by atoms with van der Waals surface area (Å²) in [6, 6.07) is 4.48. The molecule has 23 heavy (non-hydrogen) atoms. The van der Waals surface area contributed by atoms with Crippen molar-refractivity contribution in [3.63, 3.8) is 0 Å². The van der Waals surface area contributed by atoms with Crippen molar-refractivity contribution in [1.29, 1.82) is 0 Å². The fourth-order valence-electron chi connectivity index (χ4n) is 3.38. The summed E-state index contributed by atoms with van der Waals surface area (Å²) in [6.45, 7) is 0. The number of carbonyl (C=O) groups is 1. The van der Waals surface area contributed by atoms with E-state index in [-0.39, 0.29) is 34.2 Å². The van der Waals surface area contributed by atoms with Gasteiger partial charge in [-0.2, -0.15) is 4.68 Å². The van der Waals surface area contributed by atoms with Crippen LogP contribution < -0.4 is 5.43 Å². The molecule has 0 spiro atoms. The van der Waals surface area contributed by atoms with Gasteiger partial charge in [0.15, 0.2) is 0 Å². The predicted octanol–water partition coefficient (Wildman–Crippen LogP) is 3.73. The average Bonchev–Trinajstić information content (AvgIpc) is 3.17. The second-order valence-electron chi connectivity index (χ2n) is 5.71. The van der Waals surface area contributed by atoms with E-state index in [1.807, 2.05) is 12.2 Å². The van der Waals surface area contributed by atoms with Crippen LogP contribution in [0.2, 0.25) is 10.0 Å². The van der Waals surface area contributed by atoms with Crippen LogP contribution >= 0.6 is 23.2 Å². The van der Waals surface area contributed by atoms with E-state index in [1.165, 1.54) is 12.1 Å². The molecule has 2 aliphatic carbocycles. The second kappa shape index (κ2) is 4.94. The lowest BCUT2D eigenvalue weighted by atomic mass is 10.0. The third kappa shape index (κ3) is 2.04. The molecular formula is C16H12Cl2N2O3. The second-order valence-corrected chi connectivity index (χ2v) is 6.55. The Kier molecular flexibility index (Phi) is 3.11. The lowest BCUT2D eigenvalue weighted by Crippen LogP contribution is -2.22. The number of benzene rings is 1. The molecule has 4 rings (SSSR count). The number of nitrogens with zero attached hydrogens (tertiary/aromatic N) is 1. The van der Waals surface area contributed by atoms with E-state index < -0.39 is 5.91 Å². The number of aromatic nitrogens is 1. The number of hydrogen-bond acceptors (Lipinski definition) is 3. The van der Waals surface area contributed by atoms with Gasteiger partial charge in [-0.1, -0.05) is 35.4 Å². The maximum Gasteiger partial charge on any atom is 0.271 e. The first kappa shape index (κ1) is 14.5. The number of amides is 1. The average molecular weight is 351 g/mol. The van der Waals surface area contributed by atoms with Gasteiger partial charge in [0.25, 0.3) is 5.91 Å². The Bertz CT molecular complexity index is 837. The van der Waals surface area contributed by atoms with Gasteiger partial charge in [0.2, 0.25) is 11.8 Å². The monoisotopic (exact) mass is 350 g/mol. The summed E-state index contributed by atoms with van der Waals surface area (Å²) in [6.07, 6.45) is 4.87. The molecule has 1 aromatic heterocycles. The molecule has 2 unspecified atom stereocenters. The van der Waals surface area contributed by atoms with Crippen LogP contribution in [0.25, 0.3) is 0 Å². The van der Waals surface area contributed by atoms with Crippen LogP contribution in [0.5, 0.6) is 11.8 Å². The molecule has 1 heterocycles. The maximum absolute atomic E-state index is 12.4. The lowest BCUT2D eigenvalue weighted by molar-refractivity contribution is 0.100. The van der Waals surface area contributed by atoms with E-state index in [2.05, 4.69) is 5.43 Å². The molecule has 2 aliphatic rings. The topological polar surface area (TPSA) is 74.5 Å². The summed E-state index contributed by atoms with van der Waals surface area (Å²) in [5, 5.41) is 21.3. The van der Waals surface area contributed by atoms with Gasteiger partial charge in [0.1, 0.15) is 0 Å². The van der Waals surface area contributed by atoms with Crippen molar-refractivity contribution in [2.24, 2.45) is 0 Å². The van der Waals surface area contributed by atoms with Crippen molar-refractivity contribution >= 4 is 29.1 Å². The highest BCUT2D eigenvalue weighted by Crippen LogP contribution is 2.56. The van der Waals surface area contributed by atoms with Gasteiger partial charge < -0.3 is 10.2 Å². The van der Waals surface area contributed by atoms with Crippen LogP contribution in [0.1, 0.15) is 39.7 Å². The minimum absolute atomic E-state index is 0.0816. The van der Waals surface area contributed by atoms with Gasteiger partial charge in [0.05, 0.1) is 10.6 Å². The molecule has 5 nitrogen and oxygen atoms in total. The minimum Gasteiger partial charge on any atom is -0.493 e. The van der Waals surface area contributed by atoms with Gasteiger partial charge in [-0.25, -0.2) is 0 Å². The quantitative estimate of drug-likeness (QED) is 0.722. The lowest BCUT2D eigenvalue weighted by Gasteiger charge is -2.12. The van der Waals surface area contributed by atoms with Crippen molar-refractivity contribution < 1.29 is 15.0 Å². The molecule has 7 heteroatoms. The first-order chi connectivity index (χ1) is 11.0. The van der Waals surface area contributed by atoms with Crippen LogP contribution in [0.4, 0.5) is 0 Å². The van der Waals surface area contributed by atoms with Crippen LogP contribution in [0, 0.1) is 0 Å². The van der Waals surface area contributed by atoms with Crippen molar-refractivity contribution in [2.45, 2.75) is 18.3 Å². The normalized spacial score (nSPS) is 20.8. The summed E-state index contributed by atoms with van der Waals surface area (Å²) < 4.78 is 1.00. The number of carbonyl (C=O) groups excluding carboxylic acids is 1. The summed E-state index contributed by atoms with van der Waals surface area (Å²) in [5.74, 6) is -0.678. The molecule has 0 radical (unpaired) electrons. The van der Waals surface area contributed by atoms with E-state index in [0.29, 0.717) is 16.1 Å². The number of nitrogens with one attached hydrogen (secondary N) is 1. The fourth-order valence-corrected chi connectivity index (χ4v) is 3.88. The maximum atomic E-state index is 12.4. The summed E-state index contributed by atoms with van der Waals surface area (Å²) in [5.41, 5.74) is 4.03. The molecule has 0 fully saturated rings. The number of aromatic hydroxyl groups is 2. The van der Waals surface area contributed by atoms with Gasteiger partial charge in [-0.15, -0.1) is 0 Å². The number of hydrogen-bond donors (Lipinski definition) is 3. The van der Waals surface area contributed by atoms with E-state index in [4.69, 9.17) is 23.2 Å². The number of rotatable bonds is 2. The van der Waals surface area contributed by atoms with Gasteiger partial charge in [-0.05, 0) is 24.6 Å². The molecule has 0 aliphatic heterocycles. The van der Waals surface area contributed by atoms with Crippen molar-refractivity contribution in [3.05, 3.63) is 57.1 Å². The molecule has 2 bridgehead atoms. The first-order valence-corrected chi connectivity index (χ1v) is 7.84. The molecule has 0 saturated carbocycles. The Morgan fingerprint density at radius 3 is 2.30 bits per heavy atom.